The number of ether oxygens (including phenoxy) is 1. The molecule has 2 rings (SSSR count). The molecule has 94 valence electrons. The maximum absolute atomic E-state index is 8.44. The Hall–Kier alpha value is -1.60. The van der Waals surface area contributed by atoms with Gasteiger partial charge < -0.3 is 4.74 Å². The van der Waals surface area contributed by atoms with E-state index in [1.165, 1.54) is 5.56 Å². The molecule has 0 unspecified atom stereocenters. The summed E-state index contributed by atoms with van der Waals surface area (Å²) in [5.74, 6) is 0.176. The van der Waals surface area contributed by atoms with Crippen LogP contribution < -0.4 is 0 Å². The van der Waals surface area contributed by atoms with Gasteiger partial charge in [0.05, 0.1) is 0 Å². The Kier molecular flexibility index (Phi) is 4.45. The number of hydrogen-bond donors (Lipinski definition) is 0. The van der Waals surface area contributed by atoms with Gasteiger partial charge in [0, 0.05) is 15.1 Å². The molecule has 0 aromatic heterocycles. The molecule has 0 bridgehead atoms. The molecule has 0 saturated carbocycles. The highest BCUT2D eigenvalue weighted by Crippen LogP contribution is 2.15. The van der Waals surface area contributed by atoms with Crippen molar-refractivity contribution in [3.8, 4) is 0 Å². The Morgan fingerprint density at radius 3 is 2.06 bits per heavy atom. The van der Waals surface area contributed by atoms with Crippen LogP contribution in [-0.4, -0.2) is 13.7 Å². The van der Waals surface area contributed by atoms with Crippen molar-refractivity contribution in [2.45, 2.75) is 12.8 Å². The maximum atomic E-state index is 8.44. The maximum Gasteiger partial charge on any atom is 0.0496 e. The Morgan fingerprint density at radius 1 is 0.944 bits per heavy atom. The van der Waals surface area contributed by atoms with Gasteiger partial charge >= 0.3 is 0 Å². The van der Waals surface area contributed by atoms with Crippen molar-refractivity contribution < 1.29 is 6.11 Å². The average molecular weight is 241 g/mol. The molecule has 0 aliphatic rings. The summed E-state index contributed by atoms with van der Waals surface area (Å²) >= 11 is 0. The fourth-order valence-electron chi connectivity index (χ4n) is 2.13. The highest BCUT2D eigenvalue weighted by molar-refractivity contribution is 5.18. The Morgan fingerprint density at radius 2 is 1.50 bits per heavy atom. The van der Waals surface area contributed by atoms with Crippen LogP contribution in [0, 0.1) is 5.92 Å². The lowest BCUT2D eigenvalue weighted by atomic mass is 9.93. The summed E-state index contributed by atoms with van der Waals surface area (Å²) < 4.78 is 13.7. The molecule has 0 radical (unpaired) electrons. The average Bonchev–Trinajstić information content (AvgIpc) is 2.48. The molecular formula is C17H20O. The van der Waals surface area contributed by atoms with Crippen LogP contribution in [0.3, 0.4) is 0 Å². The zero-order valence-electron chi connectivity index (χ0n) is 11.8. The van der Waals surface area contributed by atoms with Gasteiger partial charge in [-0.3, -0.25) is 0 Å². The van der Waals surface area contributed by atoms with Gasteiger partial charge in [-0.05, 0) is 29.9 Å². The molecule has 0 amide bonds. The normalized spacial score (nSPS) is 14.8. The number of benzene rings is 2. The van der Waals surface area contributed by atoms with Gasteiger partial charge in [-0.1, -0.05) is 60.7 Å². The van der Waals surface area contributed by atoms with E-state index in [1.807, 2.05) is 48.5 Å². The van der Waals surface area contributed by atoms with Crippen LogP contribution in [0.15, 0.2) is 60.7 Å². The van der Waals surface area contributed by atoms with Crippen molar-refractivity contribution in [3.63, 3.8) is 0 Å². The van der Waals surface area contributed by atoms with Crippen molar-refractivity contribution in [1.29, 1.82) is 0 Å². The predicted octanol–water partition coefficient (Wildman–Crippen LogP) is 3.73. The summed E-state index contributed by atoms with van der Waals surface area (Å²) in [6.45, 7) is 0.609. The van der Waals surface area contributed by atoms with Crippen LogP contribution in [0.5, 0.6) is 0 Å². The van der Waals surface area contributed by atoms with E-state index in [-0.39, 0.29) is 12.3 Å². The van der Waals surface area contributed by atoms with Gasteiger partial charge in [-0.25, -0.2) is 0 Å². The van der Waals surface area contributed by atoms with E-state index in [0.717, 1.165) is 12.0 Å². The quantitative estimate of drug-likeness (QED) is 0.748. The SMILES string of the molecule is [2H][C@@H](c1ccccc1)[C@@H](COC)Cc1ccccc1. The first-order valence-corrected chi connectivity index (χ1v) is 6.31. The fourth-order valence-corrected chi connectivity index (χ4v) is 2.13. The third kappa shape index (κ3) is 4.01. The van der Waals surface area contributed by atoms with Crippen LogP contribution in [0.2, 0.25) is 0 Å². The fraction of sp³-hybridized carbons (Fsp3) is 0.294. The first-order valence-electron chi connectivity index (χ1n) is 6.89. The molecule has 0 saturated heterocycles. The van der Waals surface area contributed by atoms with Crippen LogP contribution in [-0.2, 0) is 17.6 Å². The van der Waals surface area contributed by atoms with E-state index in [0.29, 0.717) is 6.61 Å². The molecule has 18 heavy (non-hydrogen) atoms. The summed E-state index contributed by atoms with van der Waals surface area (Å²) in [4.78, 5) is 0. The summed E-state index contributed by atoms with van der Waals surface area (Å²) in [5, 5.41) is 0. The molecule has 0 aliphatic carbocycles. The molecule has 0 N–H and O–H groups in total. The molecule has 2 aromatic rings. The Labute approximate surface area is 111 Å². The molecule has 0 aliphatic heterocycles. The summed E-state index contributed by atoms with van der Waals surface area (Å²) in [6.07, 6.45) is 0.624. The standard InChI is InChI=1S/C17H20O/c1-18-14-17(12-15-8-4-2-5-9-15)13-16-10-6-3-7-11-16/h2-11,17H,12-14H2,1H3/i12D/t12-,17+/m0/s1. The van der Waals surface area contributed by atoms with Crippen LogP contribution >= 0.6 is 0 Å². The van der Waals surface area contributed by atoms with E-state index in [1.54, 1.807) is 7.11 Å². The molecule has 1 nitrogen and oxygen atoms in total. The van der Waals surface area contributed by atoms with E-state index < -0.39 is 0 Å². The topological polar surface area (TPSA) is 9.23 Å². The van der Waals surface area contributed by atoms with E-state index in [4.69, 9.17) is 6.11 Å². The van der Waals surface area contributed by atoms with Crippen molar-refractivity contribution in [1.82, 2.24) is 0 Å². The summed E-state index contributed by atoms with van der Waals surface area (Å²) in [7, 11) is 1.70. The van der Waals surface area contributed by atoms with Gasteiger partial charge in [0.25, 0.3) is 0 Å². The van der Waals surface area contributed by atoms with Gasteiger partial charge in [-0.2, -0.15) is 0 Å². The molecule has 1 heteroatoms. The second-order valence-electron chi connectivity index (χ2n) is 4.48. The smallest absolute Gasteiger partial charge is 0.0496 e. The monoisotopic (exact) mass is 241 g/mol. The largest absolute Gasteiger partial charge is 0.384 e. The highest BCUT2D eigenvalue weighted by atomic mass is 16.5. The molecule has 0 heterocycles. The second-order valence-corrected chi connectivity index (χ2v) is 4.48. The lowest BCUT2D eigenvalue weighted by molar-refractivity contribution is 0.152. The third-order valence-corrected chi connectivity index (χ3v) is 2.95. The van der Waals surface area contributed by atoms with Crippen molar-refractivity contribution in [2.75, 3.05) is 13.7 Å². The molecular weight excluding hydrogens is 220 g/mol. The number of methoxy groups -OCH3 is 1. The van der Waals surface area contributed by atoms with Gasteiger partial charge in [0.2, 0.25) is 0 Å². The van der Waals surface area contributed by atoms with Crippen LogP contribution in [0.1, 0.15) is 12.5 Å². The lowest BCUT2D eigenvalue weighted by Crippen LogP contribution is -2.14. The van der Waals surface area contributed by atoms with Crippen molar-refractivity contribution in [3.05, 3.63) is 71.8 Å². The van der Waals surface area contributed by atoms with Crippen molar-refractivity contribution in [2.24, 2.45) is 5.92 Å². The van der Waals surface area contributed by atoms with E-state index in [2.05, 4.69) is 12.1 Å². The zero-order chi connectivity index (χ0) is 13.5. The predicted molar refractivity (Wildman–Crippen MR) is 75.7 cm³/mol. The van der Waals surface area contributed by atoms with Crippen molar-refractivity contribution >= 4 is 0 Å². The first kappa shape index (κ1) is 11.5. The Balaban J connectivity index is 2.11. The number of rotatable bonds is 6. The summed E-state index contributed by atoms with van der Waals surface area (Å²) in [5.41, 5.74) is 2.32. The minimum absolute atomic E-state index is 0.176. The van der Waals surface area contributed by atoms with Crippen LogP contribution in [0.4, 0.5) is 0 Å². The van der Waals surface area contributed by atoms with Gasteiger partial charge in [0.15, 0.2) is 0 Å². The summed E-state index contributed by atoms with van der Waals surface area (Å²) in [6, 6.07) is 20.3. The molecule has 0 spiro atoms. The lowest BCUT2D eigenvalue weighted by Gasteiger charge is -2.16. The van der Waals surface area contributed by atoms with Gasteiger partial charge in [0.1, 0.15) is 0 Å². The second kappa shape index (κ2) is 6.97. The first-order chi connectivity index (χ1) is 9.31. The van der Waals surface area contributed by atoms with E-state index in [9.17, 15) is 0 Å². The van der Waals surface area contributed by atoms with Crippen LogP contribution in [0.25, 0.3) is 0 Å². The highest BCUT2D eigenvalue weighted by Gasteiger charge is 2.10. The molecule has 2 aromatic carbocycles. The van der Waals surface area contributed by atoms with Gasteiger partial charge in [-0.15, -0.1) is 0 Å². The number of hydrogen-bond acceptors (Lipinski definition) is 1. The molecule has 2 atom stereocenters. The molecule has 0 fully saturated rings. The minimum Gasteiger partial charge on any atom is -0.384 e. The minimum atomic E-state index is -0.249. The zero-order valence-corrected chi connectivity index (χ0v) is 10.8. The Bertz CT molecular complexity index is 469. The third-order valence-electron chi connectivity index (χ3n) is 2.95. The van der Waals surface area contributed by atoms with E-state index >= 15 is 0 Å².